The number of carbonyl (C=O) groups is 1. The lowest BCUT2D eigenvalue weighted by molar-refractivity contribution is -0.140. The van der Waals surface area contributed by atoms with Crippen molar-refractivity contribution >= 4 is 38.3 Å². The van der Waals surface area contributed by atoms with E-state index in [0.29, 0.717) is 15.3 Å². The van der Waals surface area contributed by atoms with Crippen LogP contribution in [0.15, 0.2) is 54.9 Å². The molecule has 0 aliphatic carbocycles. The van der Waals surface area contributed by atoms with Crippen molar-refractivity contribution in [3.05, 3.63) is 60.7 Å². The fourth-order valence-corrected chi connectivity index (χ4v) is 3.89. The summed E-state index contributed by atoms with van der Waals surface area (Å²) in [5, 5.41) is 12.7. The van der Waals surface area contributed by atoms with Gasteiger partial charge in [-0.2, -0.15) is 0 Å². The van der Waals surface area contributed by atoms with Crippen LogP contribution in [0.4, 0.5) is 15.2 Å². The summed E-state index contributed by atoms with van der Waals surface area (Å²) in [5.74, 6) is -1.23. The highest BCUT2D eigenvalue weighted by atomic mass is 32.1. The number of thiazole rings is 1. The molecular formula is C22H19FN4O3S. The van der Waals surface area contributed by atoms with Crippen LogP contribution in [0.5, 0.6) is 6.01 Å². The second-order valence-corrected chi connectivity index (χ2v) is 8.50. The maximum atomic E-state index is 13.8. The van der Waals surface area contributed by atoms with Gasteiger partial charge in [0.1, 0.15) is 11.4 Å². The quantitative estimate of drug-likeness (QED) is 0.406. The van der Waals surface area contributed by atoms with Crippen LogP contribution < -0.4 is 10.1 Å². The van der Waals surface area contributed by atoms with E-state index >= 15 is 0 Å². The van der Waals surface area contributed by atoms with E-state index in [2.05, 4.69) is 20.3 Å². The van der Waals surface area contributed by atoms with E-state index in [1.54, 1.807) is 38.4 Å². The van der Waals surface area contributed by atoms with Crippen LogP contribution in [-0.2, 0) is 4.79 Å². The number of nitrogens with one attached hydrogen (secondary N) is 1. The van der Waals surface area contributed by atoms with Gasteiger partial charge in [0.2, 0.25) is 0 Å². The summed E-state index contributed by atoms with van der Waals surface area (Å²) in [4.78, 5) is 23.7. The van der Waals surface area contributed by atoms with Gasteiger partial charge in [-0.05, 0) is 43.7 Å². The maximum absolute atomic E-state index is 13.8. The van der Waals surface area contributed by atoms with Crippen molar-refractivity contribution < 1.29 is 19.0 Å². The van der Waals surface area contributed by atoms with Crippen molar-refractivity contribution in [2.75, 3.05) is 5.32 Å². The van der Waals surface area contributed by atoms with E-state index < -0.39 is 11.6 Å². The Hall–Kier alpha value is -3.59. The van der Waals surface area contributed by atoms with Crippen LogP contribution in [0.3, 0.4) is 0 Å². The molecule has 4 rings (SSSR count). The zero-order valence-electron chi connectivity index (χ0n) is 16.8. The molecule has 0 aliphatic heterocycles. The van der Waals surface area contributed by atoms with E-state index in [1.807, 2.05) is 24.3 Å². The molecule has 4 aromatic rings. The number of hydrogen-bond donors (Lipinski definition) is 2. The molecule has 0 bridgehead atoms. The molecule has 31 heavy (non-hydrogen) atoms. The number of ether oxygens (including phenoxy) is 1. The number of fused-ring (bicyclic) bond motifs is 1. The third-order valence-corrected chi connectivity index (χ3v) is 5.40. The van der Waals surface area contributed by atoms with E-state index in [0.717, 1.165) is 16.8 Å². The Morgan fingerprint density at radius 1 is 1.13 bits per heavy atom. The number of halogens is 1. The van der Waals surface area contributed by atoms with Crippen LogP contribution in [0.1, 0.15) is 20.3 Å². The minimum Gasteiger partial charge on any atom is -0.481 e. The first-order chi connectivity index (χ1) is 14.8. The lowest BCUT2D eigenvalue weighted by Crippen LogP contribution is -2.32. The summed E-state index contributed by atoms with van der Waals surface area (Å²) >= 11 is 1.26. The summed E-state index contributed by atoms with van der Waals surface area (Å²) < 4.78 is 19.9. The summed E-state index contributed by atoms with van der Waals surface area (Å²) in [6.07, 6.45) is 3.09. The first-order valence-electron chi connectivity index (χ1n) is 9.44. The van der Waals surface area contributed by atoms with Gasteiger partial charge in [-0.1, -0.05) is 29.5 Å². The van der Waals surface area contributed by atoms with Crippen LogP contribution in [0, 0.1) is 5.82 Å². The highest BCUT2D eigenvalue weighted by Crippen LogP contribution is 2.31. The molecule has 0 amide bonds. The fraction of sp³-hybridized carbons (Fsp3) is 0.182. The van der Waals surface area contributed by atoms with Gasteiger partial charge in [0, 0.05) is 23.6 Å². The normalized spacial score (nSPS) is 11.5. The molecular weight excluding hydrogens is 419 g/mol. The van der Waals surface area contributed by atoms with Crippen molar-refractivity contribution in [1.82, 2.24) is 15.0 Å². The average Bonchev–Trinajstić information content (AvgIpc) is 3.12. The number of anilines is 2. The van der Waals surface area contributed by atoms with Crippen molar-refractivity contribution in [3.63, 3.8) is 0 Å². The minimum atomic E-state index is -0.952. The lowest BCUT2D eigenvalue weighted by Gasteiger charge is -2.22. The smallest absolute Gasteiger partial charge is 0.316 e. The van der Waals surface area contributed by atoms with Gasteiger partial charge in [0.25, 0.3) is 0 Å². The lowest BCUT2D eigenvalue weighted by atomic mass is 10.1. The molecule has 9 heteroatoms. The van der Waals surface area contributed by atoms with Crippen molar-refractivity contribution in [1.29, 1.82) is 0 Å². The van der Waals surface area contributed by atoms with Gasteiger partial charge >= 0.3 is 12.0 Å². The predicted molar refractivity (Wildman–Crippen MR) is 117 cm³/mol. The molecule has 0 fully saturated rings. The fourth-order valence-electron chi connectivity index (χ4n) is 3.00. The first kappa shape index (κ1) is 20.7. The molecule has 2 aromatic carbocycles. The van der Waals surface area contributed by atoms with Gasteiger partial charge in [-0.3, -0.25) is 4.79 Å². The third kappa shape index (κ3) is 4.95. The largest absolute Gasteiger partial charge is 0.481 e. The Balaban J connectivity index is 1.45. The number of carboxylic acid groups (broad SMARTS) is 1. The molecule has 0 atom stereocenters. The summed E-state index contributed by atoms with van der Waals surface area (Å²) in [5.41, 5.74) is 2.22. The van der Waals surface area contributed by atoms with Crippen LogP contribution in [0.2, 0.25) is 0 Å². The zero-order valence-corrected chi connectivity index (χ0v) is 17.6. The molecule has 0 saturated carbocycles. The van der Waals surface area contributed by atoms with E-state index in [-0.39, 0.29) is 18.2 Å². The zero-order chi connectivity index (χ0) is 22.0. The SMILES string of the molecule is CC(C)(CC(=O)O)Oc1ncc(-c2ccc(Nc3nc4cccc(F)c4s3)cc2)cn1. The van der Waals surface area contributed by atoms with Crippen LogP contribution >= 0.6 is 11.3 Å². The first-order valence-corrected chi connectivity index (χ1v) is 10.3. The van der Waals surface area contributed by atoms with Gasteiger partial charge < -0.3 is 15.2 Å². The predicted octanol–water partition coefficient (Wildman–Crippen LogP) is 5.27. The van der Waals surface area contributed by atoms with E-state index in [4.69, 9.17) is 9.84 Å². The topological polar surface area (TPSA) is 97.2 Å². The van der Waals surface area contributed by atoms with Crippen molar-refractivity contribution in [3.8, 4) is 17.1 Å². The molecule has 0 radical (unpaired) electrons. The number of aliphatic carboxylic acids is 1. The number of carboxylic acids is 1. The van der Waals surface area contributed by atoms with Crippen molar-refractivity contribution in [2.24, 2.45) is 0 Å². The Morgan fingerprint density at radius 2 is 1.84 bits per heavy atom. The van der Waals surface area contributed by atoms with Gasteiger partial charge in [0.05, 0.1) is 16.6 Å². The average molecular weight is 438 g/mol. The van der Waals surface area contributed by atoms with Crippen molar-refractivity contribution in [2.45, 2.75) is 25.9 Å². The minimum absolute atomic E-state index is 0.122. The molecule has 2 aromatic heterocycles. The highest BCUT2D eigenvalue weighted by Gasteiger charge is 2.25. The summed E-state index contributed by atoms with van der Waals surface area (Å²) in [7, 11) is 0. The molecule has 2 heterocycles. The number of nitrogens with zero attached hydrogens (tertiary/aromatic N) is 3. The Labute approximate surface area is 181 Å². The van der Waals surface area contributed by atoms with E-state index in [9.17, 15) is 9.18 Å². The van der Waals surface area contributed by atoms with Crippen LogP contribution in [-0.4, -0.2) is 31.6 Å². The maximum Gasteiger partial charge on any atom is 0.316 e. The van der Waals surface area contributed by atoms with Gasteiger partial charge in [-0.15, -0.1) is 0 Å². The molecule has 0 saturated heterocycles. The monoisotopic (exact) mass is 438 g/mol. The Morgan fingerprint density at radius 3 is 2.48 bits per heavy atom. The number of benzene rings is 2. The molecule has 7 nitrogen and oxygen atoms in total. The molecule has 2 N–H and O–H groups in total. The summed E-state index contributed by atoms with van der Waals surface area (Å²) in [6.45, 7) is 3.34. The third-order valence-electron chi connectivity index (χ3n) is 4.41. The number of hydrogen-bond acceptors (Lipinski definition) is 7. The molecule has 0 aliphatic rings. The van der Waals surface area contributed by atoms with Gasteiger partial charge in [0.15, 0.2) is 5.13 Å². The van der Waals surface area contributed by atoms with Crippen LogP contribution in [0.25, 0.3) is 21.3 Å². The molecule has 158 valence electrons. The van der Waals surface area contributed by atoms with E-state index in [1.165, 1.54) is 17.4 Å². The second kappa shape index (κ2) is 8.27. The molecule has 0 unspecified atom stereocenters. The Kier molecular flexibility index (Phi) is 5.51. The molecule has 0 spiro atoms. The highest BCUT2D eigenvalue weighted by molar-refractivity contribution is 7.22. The second-order valence-electron chi connectivity index (χ2n) is 7.50. The summed E-state index contributed by atoms with van der Waals surface area (Å²) in [6, 6.07) is 12.5. The standard InChI is InChI=1S/C22H19FN4O3S/c1-22(2,10-18(28)29)30-20-24-11-14(12-25-20)13-6-8-15(9-7-13)26-21-27-17-5-3-4-16(23)19(17)31-21/h3-9,11-12H,10H2,1-2H3,(H,26,27)(H,28,29). The number of rotatable bonds is 7. The Bertz CT molecular complexity index is 1220. The number of aromatic nitrogens is 3. The van der Waals surface area contributed by atoms with Gasteiger partial charge in [-0.25, -0.2) is 19.3 Å².